The Labute approximate surface area is 216 Å². The lowest BCUT2D eigenvalue weighted by Crippen LogP contribution is -2.51. The summed E-state index contributed by atoms with van der Waals surface area (Å²) in [7, 11) is 0. The van der Waals surface area contributed by atoms with Crippen molar-refractivity contribution in [3.8, 4) is 0 Å². The number of unbranched alkanes of at least 4 members (excludes halogenated alkanes) is 1. The highest BCUT2D eigenvalue weighted by Gasteiger charge is 2.59. The van der Waals surface area contributed by atoms with Gasteiger partial charge >= 0.3 is 6.16 Å². The molecule has 0 aromatic carbocycles. The zero-order chi connectivity index (χ0) is 25.2. The van der Waals surface area contributed by atoms with E-state index in [1.807, 2.05) is 0 Å². The Hall–Kier alpha value is -0.990. The van der Waals surface area contributed by atoms with Crippen LogP contribution >= 0.6 is 0 Å². The molecule has 3 fully saturated rings. The Morgan fingerprint density at radius 3 is 2.57 bits per heavy atom. The maximum atomic E-state index is 12.1. The normalized spacial score (nSPS) is 39.3. The van der Waals surface area contributed by atoms with Crippen LogP contribution in [0.1, 0.15) is 125 Å². The molecule has 3 saturated carbocycles. The molecule has 3 heteroatoms. The van der Waals surface area contributed by atoms with Gasteiger partial charge in [-0.3, -0.25) is 0 Å². The Morgan fingerprint density at radius 1 is 1.03 bits per heavy atom. The highest BCUT2D eigenvalue weighted by Crippen LogP contribution is 2.67. The van der Waals surface area contributed by atoms with Gasteiger partial charge in [0.05, 0.1) is 6.61 Å². The van der Waals surface area contributed by atoms with Crippen LogP contribution in [0.4, 0.5) is 4.79 Å². The van der Waals surface area contributed by atoms with Gasteiger partial charge in [0.2, 0.25) is 0 Å². The Balaban J connectivity index is 1.39. The molecule has 0 saturated heterocycles. The summed E-state index contributed by atoms with van der Waals surface area (Å²) >= 11 is 0. The molecule has 0 heterocycles. The molecular formula is C32H54O3. The van der Waals surface area contributed by atoms with E-state index in [2.05, 4.69) is 47.6 Å². The molecule has 0 N–H and O–H groups in total. The quantitative estimate of drug-likeness (QED) is 0.185. The summed E-state index contributed by atoms with van der Waals surface area (Å²) in [4.78, 5) is 12.1. The molecule has 4 aliphatic carbocycles. The van der Waals surface area contributed by atoms with Crippen molar-refractivity contribution in [2.75, 3.05) is 6.61 Å². The fraction of sp³-hybridized carbons (Fsp3) is 0.906. The van der Waals surface area contributed by atoms with Gasteiger partial charge < -0.3 is 9.47 Å². The van der Waals surface area contributed by atoms with E-state index in [1.54, 1.807) is 5.57 Å². The van der Waals surface area contributed by atoms with Crippen LogP contribution in [0.5, 0.6) is 0 Å². The molecule has 0 spiro atoms. The van der Waals surface area contributed by atoms with Crippen molar-refractivity contribution in [1.29, 1.82) is 0 Å². The van der Waals surface area contributed by atoms with Gasteiger partial charge in [-0.25, -0.2) is 4.79 Å². The van der Waals surface area contributed by atoms with Gasteiger partial charge in [-0.2, -0.15) is 0 Å². The number of rotatable bonds is 9. The van der Waals surface area contributed by atoms with Crippen molar-refractivity contribution in [2.24, 2.45) is 46.3 Å². The Morgan fingerprint density at radius 2 is 1.83 bits per heavy atom. The lowest BCUT2D eigenvalue weighted by Gasteiger charge is -2.58. The molecule has 3 nitrogen and oxygen atoms in total. The number of carbonyl (C=O) groups is 1. The van der Waals surface area contributed by atoms with Crippen LogP contribution in [0.3, 0.4) is 0 Å². The maximum Gasteiger partial charge on any atom is 0.508 e. The first-order chi connectivity index (χ1) is 16.7. The third kappa shape index (κ3) is 5.49. The summed E-state index contributed by atoms with van der Waals surface area (Å²) in [5, 5.41) is 0. The van der Waals surface area contributed by atoms with Gasteiger partial charge in [0, 0.05) is 6.42 Å². The molecule has 200 valence electrons. The van der Waals surface area contributed by atoms with Gasteiger partial charge in [0.15, 0.2) is 0 Å². The van der Waals surface area contributed by atoms with Gasteiger partial charge in [-0.05, 0) is 97.7 Å². The third-order valence-corrected chi connectivity index (χ3v) is 11.2. The summed E-state index contributed by atoms with van der Waals surface area (Å²) in [5.41, 5.74) is 2.43. The SMILES string of the molecule is CCCCOC(=O)O[C@H]1CC[C@@]2(C)C(=CC[C@H]3[C@@H]4CC[C@H]([C@@H](C)CCCC(C)C)[C@@]4(C)CC[C@@H]32)C1. The van der Waals surface area contributed by atoms with Crippen molar-refractivity contribution in [3.05, 3.63) is 11.6 Å². The van der Waals surface area contributed by atoms with Crippen molar-refractivity contribution in [2.45, 2.75) is 131 Å². The van der Waals surface area contributed by atoms with Crippen LogP contribution in [-0.4, -0.2) is 18.9 Å². The van der Waals surface area contributed by atoms with E-state index in [4.69, 9.17) is 9.47 Å². The average Bonchev–Trinajstić information content (AvgIpc) is 3.16. The summed E-state index contributed by atoms with van der Waals surface area (Å²) in [6.45, 7) is 15.1. The minimum absolute atomic E-state index is 0.00333. The smallest absolute Gasteiger partial charge is 0.434 e. The van der Waals surface area contributed by atoms with Crippen LogP contribution < -0.4 is 0 Å². The van der Waals surface area contributed by atoms with E-state index in [0.29, 0.717) is 17.4 Å². The number of carbonyl (C=O) groups excluding carboxylic acids is 1. The van der Waals surface area contributed by atoms with Crippen molar-refractivity contribution in [1.82, 2.24) is 0 Å². The van der Waals surface area contributed by atoms with Gasteiger partial charge in [0.25, 0.3) is 0 Å². The van der Waals surface area contributed by atoms with Crippen molar-refractivity contribution < 1.29 is 14.3 Å². The summed E-state index contributed by atoms with van der Waals surface area (Å²) < 4.78 is 11.0. The van der Waals surface area contributed by atoms with E-state index in [-0.39, 0.29) is 6.10 Å². The molecular weight excluding hydrogens is 432 g/mol. The number of fused-ring (bicyclic) bond motifs is 5. The topological polar surface area (TPSA) is 35.5 Å². The molecule has 35 heavy (non-hydrogen) atoms. The second-order valence-electron chi connectivity index (χ2n) is 13.7. The van der Waals surface area contributed by atoms with E-state index in [0.717, 1.165) is 67.6 Å². The molecule has 8 atom stereocenters. The van der Waals surface area contributed by atoms with E-state index in [1.165, 1.54) is 51.4 Å². The average molecular weight is 487 g/mol. The van der Waals surface area contributed by atoms with E-state index in [9.17, 15) is 4.79 Å². The second-order valence-corrected chi connectivity index (χ2v) is 13.7. The van der Waals surface area contributed by atoms with Gasteiger partial charge in [0.1, 0.15) is 6.10 Å². The molecule has 4 aliphatic rings. The van der Waals surface area contributed by atoms with Crippen LogP contribution in [0.25, 0.3) is 0 Å². The fourth-order valence-corrected chi connectivity index (χ4v) is 9.22. The van der Waals surface area contributed by atoms with Crippen LogP contribution in [0.2, 0.25) is 0 Å². The zero-order valence-corrected chi connectivity index (χ0v) is 23.7. The minimum Gasteiger partial charge on any atom is -0.434 e. The summed E-state index contributed by atoms with van der Waals surface area (Å²) in [5.74, 6) is 5.19. The molecule has 0 bridgehead atoms. The first kappa shape index (κ1) is 27.1. The lowest BCUT2D eigenvalue weighted by molar-refractivity contribution is -0.0617. The molecule has 0 aliphatic heterocycles. The standard InChI is InChI=1S/C32H54O3/c1-7-8-20-34-30(33)35-25-16-18-31(5)24(21-25)12-13-26-28-15-14-27(23(4)11-9-10-22(2)3)32(28,6)19-17-29(26)31/h12,22-23,25-29H,7-11,13-21H2,1-6H3/t23-,25-,26-,27+,28-,29-,31-,32+/m0/s1. The van der Waals surface area contributed by atoms with Crippen LogP contribution in [0.15, 0.2) is 11.6 Å². The predicted molar refractivity (Wildman–Crippen MR) is 144 cm³/mol. The highest BCUT2D eigenvalue weighted by molar-refractivity contribution is 5.60. The van der Waals surface area contributed by atoms with E-state index >= 15 is 0 Å². The van der Waals surface area contributed by atoms with Crippen LogP contribution in [-0.2, 0) is 9.47 Å². The largest absolute Gasteiger partial charge is 0.508 e. The molecule has 0 unspecified atom stereocenters. The van der Waals surface area contributed by atoms with Crippen molar-refractivity contribution >= 4 is 6.16 Å². The Bertz CT molecular complexity index is 756. The van der Waals surface area contributed by atoms with Crippen molar-refractivity contribution in [3.63, 3.8) is 0 Å². The second kappa shape index (κ2) is 11.2. The van der Waals surface area contributed by atoms with Crippen LogP contribution in [0, 0.1) is 46.3 Å². The number of hydrogen-bond acceptors (Lipinski definition) is 3. The number of hydrogen-bond donors (Lipinski definition) is 0. The van der Waals surface area contributed by atoms with Gasteiger partial charge in [-0.1, -0.05) is 78.9 Å². The third-order valence-electron chi connectivity index (χ3n) is 11.2. The monoisotopic (exact) mass is 486 g/mol. The summed E-state index contributed by atoms with van der Waals surface area (Å²) in [6.07, 6.45) is 18.3. The fourth-order valence-electron chi connectivity index (χ4n) is 9.22. The van der Waals surface area contributed by atoms with E-state index < -0.39 is 6.16 Å². The highest BCUT2D eigenvalue weighted by atomic mass is 16.7. The number of allylic oxidation sites excluding steroid dienone is 1. The zero-order valence-electron chi connectivity index (χ0n) is 23.7. The molecule has 0 aromatic rings. The predicted octanol–water partition coefficient (Wildman–Crippen LogP) is 9.35. The number of ether oxygens (including phenoxy) is 2. The van der Waals surface area contributed by atoms with Gasteiger partial charge in [-0.15, -0.1) is 0 Å². The molecule has 0 aromatic heterocycles. The molecule has 0 amide bonds. The molecule has 4 rings (SSSR count). The summed E-state index contributed by atoms with van der Waals surface area (Å²) in [6, 6.07) is 0. The lowest BCUT2D eigenvalue weighted by atomic mass is 9.47. The minimum atomic E-state index is -0.464. The Kier molecular flexibility index (Phi) is 8.64. The first-order valence-electron chi connectivity index (χ1n) is 15.2. The first-order valence-corrected chi connectivity index (χ1v) is 15.2. The maximum absolute atomic E-state index is 12.1. The molecule has 0 radical (unpaired) electrons.